The van der Waals surface area contributed by atoms with E-state index >= 15 is 0 Å². The number of esters is 1. The Morgan fingerprint density at radius 3 is 2.94 bits per heavy atom. The van der Waals surface area contributed by atoms with Crippen molar-refractivity contribution in [2.75, 3.05) is 7.11 Å². The van der Waals surface area contributed by atoms with E-state index < -0.39 is 5.97 Å². The highest BCUT2D eigenvalue weighted by molar-refractivity contribution is 9.10. The van der Waals surface area contributed by atoms with Gasteiger partial charge in [-0.3, -0.25) is 5.10 Å². The molecule has 0 amide bonds. The maximum atomic E-state index is 11.2. The third kappa shape index (κ3) is 2.14. The summed E-state index contributed by atoms with van der Waals surface area (Å²) in [5.74, 6) is -0.422. The van der Waals surface area contributed by atoms with Crippen molar-refractivity contribution >= 4 is 21.9 Å². The summed E-state index contributed by atoms with van der Waals surface area (Å²) in [6.45, 7) is 0. The van der Waals surface area contributed by atoms with Gasteiger partial charge in [-0.2, -0.15) is 5.10 Å². The molecule has 0 aliphatic rings. The Kier molecular flexibility index (Phi) is 3.05. The standard InChI is InChI=1S/C11H9BrN2O2/c1-16-11(15)10-6-9(13-14-10)7-3-2-4-8(12)5-7/h2-6H,1H3,(H,13,14). The SMILES string of the molecule is COC(=O)c1cc(-c2cccc(Br)c2)n[nH]1. The molecule has 0 spiro atoms. The third-order valence-corrected chi connectivity index (χ3v) is 2.60. The molecule has 2 aromatic rings. The average Bonchev–Trinajstić information content (AvgIpc) is 2.77. The second-order valence-corrected chi connectivity index (χ2v) is 4.08. The first-order valence-corrected chi connectivity index (χ1v) is 5.39. The summed E-state index contributed by atoms with van der Waals surface area (Å²) < 4.78 is 5.56. The van der Waals surface area contributed by atoms with E-state index in [4.69, 9.17) is 0 Å². The molecular weight excluding hydrogens is 272 g/mol. The molecule has 16 heavy (non-hydrogen) atoms. The first-order chi connectivity index (χ1) is 7.70. The minimum Gasteiger partial charge on any atom is -0.464 e. The molecule has 0 fully saturated rings. The second kappa shape index (κ2) is 4.49. The maximum Gasteiger partial charge on any atom is 0.356 e. The number of halogens is 1. The van der Waals surface area contributed by atoms with Crippen molar-refractivity contribution in [3.05, 3.63) is 40.5 Å². The summed E-state index contributed by atoms with van der Waals surface area (Å²) in [5.41, 5.74) is 1.99. The van der Waals surface area contributed by atoms with Crippen LogP contribution < -0.4 is 0 Å². The van der Waals surface area contributed by atoms with Crippen LogP contribution in [0.2, 0.25) is 0 Å². The van der Waals surface area contributed by atoms with Gasteiger partial charge in [0.15, 0.2) is 0 Å². The van der Waals surface area contributed by atoms with Crippen LogP contribution in [0.1, 0.15) is 10.5 Å². The second-order valence-electron chi connectivity index (χ2n) is 3.17. The minimum absolute atomic E-state index is 0.345. The largest absolute Gasteiger partial charge is 0.464 e. The minimum atomic E-state index is -0.422. The molecule has 82 valence electrons. The lowest BCUT2D eigenvalue weighted by molar-refractivity contribution is 0.0594. The number of carbonyl (C=O) groups is 1. The number of aromatic amines is 1. The number of H-pyrrole nitrogens is 1. The number of benzene rings is 1. The Labute approximate surface area is 101 Å². The van der Waals surface area contributed by atoms with E-state index in [2.05, 4.69) is 30.9 Å². The van der Waals surface area contributed by atoms with Crippen molar-refractivity contribution in [3.8, 4) is 11.3 Å². The van der Waals surface area contributed by atoms with Gasteiger partial charge in [-0.15, -0.1) is 0 Å². The summed E-state index contributed by atoms with van der Waals surface area (Å²) in [6, 6.07) is 9.34. The lowest BCUT2D eigenvalue weighted by Crippen LogP contribution is -2.00. The quantitative estimate of drug-likeness (QED) is 0.861. The van der Waals surface area contributed by atoms with E-state index in [-0.39, 0.29) is 0 Å². The van der Waals surface area contributed by atoms with Crippen molar-refractivity contribution < 1.29 is 9.53 Å². The average molecular weight is 281 g/mol. The van der Waals surface area contributed by atoms with Crippen LogP contribution >= 0.6 is 15.9 Å². The van der Waals surface area contributed by atoms with Crippen LogP contribution in [0.25, 0.3) is 11.3 Å². The van der Waals surface area contributed by atoms with Gasteiger partial charge in [0.05, 0.1) is 12.8 Å². The molecule has 0 saturated heterocycles. The monoisotopic (exact) mass is 280 g/mol. The molecular formula is C11H9BrN2O2. The zero-order valence-corrected chi connectivity index (χ0v) is 10.1. The third-order valence-electron chi connectivity index (χ3n) is 2.10. The Morgan fingerprint density at radius 1 is 1.44 bits per heavy atom. The number of aromatic nitrogens is 2. The van der Waals surface area contributed by atoms with E-state index in [0.717, 1.165) is 10.0 Å². The van der Waals surface area contributed by atoms with Gasteiger partial charge in [0.25, 0.3) is 0 Å². The fourth-order valence-electron chi connectivity index (χ4n) is 1.33. The van der Waals surface area contributed by atoms with Crippen LogP contribution in [0.3, 0.4) is 0 Å². The van der Waals surface area contributed by atoms with Gasteiger partial charge in [0, 0.05) is 10.0 Å². The van der Waals surface area contributed by atoms with Crippen molar-refractivity contribution in [2.45, 2.75) is 0 Å². The van der Waals surface area contributed by atoms with E-state index in [1.54, 1.807) is 6.07 Å². The van der Waals surface area contributed by atoms with Gasteiger partial charge in [-0.1, -0.05) is 28.1 Å². The van der Waals surface area contributed by atoms with Gasteiger partial charge >= 0.3 is 5.97 Å². The van der Waals surface area contributed by atoms with Gasteiger partial charge in [-0.25, -0.2) is 4.79 Å². The molecule has 5 heteroatoms. The van der Waals surface area contributed by atoms with Crippen molar-refractivity contribution in [3.63, 3.8) is 0 Å². The highest BCUT2D eigenvalue weighted by atomic mass is 79.9. The molecule has 0 unspecified atom stereocenters. The van der Waals surface area contributed by atoms with E-state index in [9.17, 15) is 4.79 Å². The van der Waals surface area contributed by atoms with E-state index in [1.807, 2.05) is 24.3 Å². The number of ether oxygens (including phenoxy) is 1. The van der Waals surface area contributed by atoms with Gasteiger partial charge in [0.1, 0.15) is 5.69 Å². The highest BCUT2D eigenvalue weighted by Crippen LogP contribution is 2.21. The summed E-state index contributed by atoms with van der Waals surface area (Å²) in [7, 11) is 1.34. The fourth-order valence-corrected chi connectivity index (χ4v) is 1.73. The van der Waals surface area contributed by atoms with Crippen LogP contribution in [0.5, 0.6) is 0 Å². The normalized spacial score (nSPS) is 10.1. The lowest BCUT2D eigenvalue weighted by atomic mass is 10.1. The molecule has 1 heterocycles. The van der Waals surface area contributed by atoms with Crippen molar-refractivity contribution in [1.29, 1.82) is 0 Å². The molecule has 0 atom stereocenters. The van der Waals surface area contributed by atoms with Gasteiger partial charge in [0.2, 0.25) is 0 Å². The van der Waals surface area contributed by atoms with Crippen LogP contribution in [-0.2, 0) is 4.74 Å². The molecule has 4 nitrogen and oxygen atoms in total. The molecule has 0 aliphatic carbocycles. The molecule has 1 aromatic carbocycles. The topological polar surface area (TPSA) is 55.0 Å². The zero-order chi connectivity index (χ0) is 11.5. The summed E-state index contributed by atoms with van der Waals surface area (Å²) in [5, 5.41) is 6.68. The van der Waals surface area contributed by atoms with Gasteiger partial charge < -0.3 is 4.74 Å². The van der Waals surface area contributed by atoms with Crippen molar-refractivity contribution in [1.82, 2.24) is 10.2 Å². The summed E-state index contributed by atoms with van der Waals surface area (Å²) >= 11 is 3.38. The predicted molar refractivity (Wildman–Crippen MR) is 63.1 cm³/mol. The van der Waals surface area contributed by atoms with Crippen LogP contribution in [-0.4, -0.2) is 23.3 Å². The smallest absolute Gasteiger partial charge is 0.356 e. The number of hydrogen-bond acceptors (Lipinski definition) is 3. The maximum absolute atomic E-state index is 11.2. The Balaban J connectivity index is 2.35. The van der Waals surface area contributed by atoms with Gasteiger partial charge in [-0.05, 0) is 18.2 Å². The van der Waals surface area contributed by atoms with Crippen LogP contribution in [0, 0.1) is 0 Å². The first-order valence-electron chi connectivity index (χ1n) is 4.60. The predicted octanol–water partition coefficient (Wildman–Crippen LogP) is 2.63. The van der Waals surface area contributed by atoms with Crippen molar-refractivity contribution in [2.24, 2.45) is 0 Å². The summed E-state index contributed by atoms with van der Waals surface area (Å²) in [6.07, 6.45) is 0. The first kappa shape index (κ1) is 10.9. The number of rotatable bonds is 2. The fraction of sp³-hybridized carbons (Fsp3) is 0.0909. The van der Waals surface area contributed by atoms with E-state index in [1.165, 1.54) is 7.11 Å². The molecule has 1 aromatic heterocycles. The molecule has 0 bridgehead atoms. The highest BCUT2D eigenvalue weighted by Gasteiger charge is 2.10. The summed E-state index contributed by atoms with van der Waals surface area (Å²) in [4.78, 5) is 11.2. The lowest BCUT2D eigenvalue weighted by Gasteiger charge is -1.95. The van der Waals surface area contributed by atoms with E-state index in [0.29, 0.717) is 11.4 Å². The molecule has 0 radical (unpaired) electrons. The number of carbonyl (C=O) groups excluding carboxylic acids is 1. The number of nitrogens with zero attached hydrogens (tertiary/aromatic N) is 1. The molecule has 0 saturated carbocycles. The Bertz CT molecular complexity index is 522. The Morgan fingerprint density at radius 2 is 2.25 bits per heavy atom. The number of hydrogen-bond donors (Lipinski definition) is 1. The molecule has 1 N–H and O–H groups in total. The molecule has 2 rings (SSSR count). The van der Waals surface area contributed by atoms with Crippen LogP contribution in [0.15, 0.2) is 34.8 Å². The van der Waals surface area contributed by atoms with Crippen LogP contribution in [0.4, 0.5) is 0 Å². The number of nitrogens with one attached hydrogen (secondary N) is 1. The number of methoxy groups -OCH3 is 1. The zero-order valence-electron chi connectivity index (χ0n) is 8.53. The Hall–Kier alpha value is -1.62. The molecule has 0 aliphatic heterocycles.